The van der Waals surface area contributed by atoms with Crippen molar-refractivity contribution in [1.29, 1.82) is 0 Å². The van der Waals surface area contributed by atoms with E-state index in [0.717, 1.165) is 13.1 Å². The number of alkyl halides is 2. The summed E-state index contributed by atoms with van der Waals surface area (Å²) in [6, 6.07) is 9.10. The molecule has 1 aromatic carbocycles. The number of benzene rings is 1. The summed E-state index contributed by atoms with van der Waals surface area (Å²) in [5.41, 5.74) is 1.77. The number of aromatic nitrogens is 1. The lowest BCUT2D eigenvalue weighted by atomic mass is 10.1. The molecule has 2 aliphatic heterocycles. The first-order valence-corrected chi connectivity index (χ1v) is 10.3. The Bertz CT molecular complexity index is 1030. The van der Waals surface area contributed by atoms with E-state index in [-0.39, 0.29) is 24.7 Å². The van der Waals surface area contributed by atoms with Gasteiger partial charge in [-0.05, 0) is 37.4 Å². The highest BCUT2D eigenvalue weighted by Crippen LogP contribution is 2.21. The van der Waals surface area contributed by atoms with Gasteiger partial charge in [-0.15, -0.1) is 0 Å². The maximum Gasteiger partial charge on any atom is 0.324 e. The van der Waals surface area contributed by atoms with E-state index in [9.17, 15) is 18.0 Å². The first-order valence-electron chi connectivity index (χ1n) is 10.3. The van der Waals surface area contributed by atoms with E-state index in [0.29, 0.717) is 35.7 Å². The zero-order chi connectivity index (χ0) is 22.7. The third-order valence-corrected chi connectivity index (χ3v) is 5.50. The van der Waals surface area contributed by atoms with Crippen molar-refractivity contribution < 1.29 is 18.0 Å². The third-order valence-electron chi connectivity index (χ3n) is 5.50. The van der Waals surface area contributed by atoms with E-state index in [1.807, 2.05) is 7.05 Å². The molecule has 0 unspecified atom stereocenters. The van der Waals surface area contributed by atoms with Gasteiger partial charge in [0.25, 0.3) is 6.43 Å². The van der Waals surface area contributed by atoms with E-state index in [1.54, 1.807) is 29.2 Å². The molecule has 0 aliphatic carbocycles. The summed E-state index contributed by atoms with van der Waals surface area (Å²) in [5.74, 6) is -0.434. The Labute approximate surface area is 183 Å². The summed E-state index contributed by atoms with van der Waals surface area (Å²) in [5, 5.41) is 7.34. The number of pyridine rings is 1. The Kier molecular flexibility index (Phi) is 6.50. The molecule has 0 N–H and O–H groups in total. The smallest absolute Gasteiger partial charge is 0.322 e. The second-order valence-electron chi connectivity index (χ2n) is 7.79. The van der Waals surface area contributed by atoms with E-state index in [1.165, 1.54) is 23.2 Å². The lowest BCUT2D eigenvalue weighted by molar-refractivity contribution is 0.159. The Balaban J connectivity index is 1.52. The summed E-state index contributed by atoms with van der Waals surface area (Å²) in [6.45, 7) is 2.83. The molecule has 1 fully saturated rings. The fourth-order valence-corrected chi connectivity index (χ4v) is 3.58. The Hall–Kier alpha value is -3.27. The number of rotatable bonds is 5. The zero-order valence-corrected chi connectivity index (χ0v) is 17.6. The predicted molar refractivity (Wildman–Crippen MR) is 116 cm³/mol. The number of carbonyl (C=O) groups is 1. The minimum atomic E-state index is -2.64. The minimum Gasteiger partial charge on any atom is -0.322 e. The number of carbonyl (C=O) groups excluding carboxylic acids is 1. The van der Waals surface area contributed by atoms with Crippen molar-refractivity contribution in [1.82, 2.24) is 14.8 Å². The predicted octanol–water partition coefficient (Wildman–Crippen LogP) is 3.41. The van der Waals surface area contributed by atoms with E-state index >= 15 is 0 Å². The molecule has 2 aromatic rings. The Morgan fingerprint density at radius 2 is 1.91 bits per heavy atom. The molecular formula is C22H23F3N6O. The Morgan fingerprint density at radius 1 is 1.12 bits per heavy atom. The SMILES string of the molecule is CN1CCN(C(=O)N(Cc2ccc(C3=NN=C(C(F)F)C3)cn2)c2cccc(F)c2)CC1. The standard InChI is InChI=1S/C22H23F3N6O/c1-29-7-9-30(10-8-29)22(32)31(18-4-2-3-16(23)11-18)14-17-6-5-15(13-26-17)19-12-20(21(24)25)28-27-19/h2-6,11,13,21H,7-10,12,14H2,1H3. The van der Waals surface area contributed by atoms with Crippen molar-refractivity contribution >= 4 is 23.1 Å². The molecule has 4 rings (SSSR count). The highest BCUT2D eigenvalue weighted by Gasteiger charge is 2.26. The number of piperazine rings is 1. The van der Waals surface area contributed by atoms with Gasteiger partial charge in [-0.2, -0.15) is 10.2 Å². The molecule has 0 radical (unpaired) electrons. The minimum absolute atomic E-state index is 0.0179. The summed E-state index contributed by atoms with van der Waals surface area (Å²) in [6.07, 6.45) is -1.12. The van der Waals surface area contributed by atoms with Crippen LogP contribution in [0.1, 0.15) is 17.7 Å². The summed E-state index contributed by atoms with van der Waals surface area (Å²) < 4.78 is 39.5. The van der Waals surface area contributed by atoms with Crippen molar-refractivity contribution in [3.05, 3.63) is 59.7 Å². The Morgan fingerprint density at radius 3 is 2.53 bits per heavy atom. The highest BCUT2D eigenvalue weighted by molar-refractivity contribution is 6.15. The maximum atomic E-state index is 13.9. The van der Waals surface area contributed by atoms with Gasteiger partial charge >= 0.3 is 6.03 Å². The van der Waals surface area contributed by atoms with Crippen molar-refractivity contribution in [2.75, 3.05) is 38.1 Å². The van der Waals surface area contributed by atoms with Crippen LogP contribution in [0.25, 0.3) is 0 Å². The first-order chi connectivity index (χ1) is 15.4. The number of nitrogens with zero attached hydrogens (tertiary/aromatic N) is 6. The van der Waals surface area contributed by atoms with E-state index < -0.39 is 12.2 Å². The van der Waals surface area contributed by atoms with Crippen LogP contribution in [0.15, 0.2) is 52.8 Å². The van der Waals surface area contributed by atoms with Crippen molar-refractivity contribution in [3.63, 3.8) is 0 Å². The number of halogens is 3. The van der Waals surface area contributed by atoms with Gasteiger partial charge in [-0.3, -0.25) is 9.88 Å². The average molecular weight is 444 g/mol. The van der Waals surface area contributed by atoms with Crippen LogP contribution in [-0.4, -0.2) is 71.9 Å². The second-order valence-corrected chi connectivity index (χ2v) is 7.79. The molecule has 1 aromatic heterocycles. The van der Waals surface area contributed by atoms with Gasteiger partial charge in [0, 0.05) is 50.0 Å². The molecule has 32 heavy (non-hydrogen) atoms. The molecule has 0 saturated carbocycles. The van der Waals surface area contributed by atoms with Crippen LogP contribution in [0.3, 0.4) is 0 Å². The van der Waals surface area contributed by atoms with Gasteiger partial charge < -0.3 is 9.80 Å². The van der Waals surface area contributed by atoms with Crippen LogP contribution >= 0.6 is 0 Å². The van der Waals surface area contributed by atoms with Crippen LogP contribution in [0.5, 0.6) is 0 Å². The lowest BCUT2D eigenvalue weighted by Crippen LogP contribution is -2.52. The third kappa shape index (κ3) is 4.96. The highest BCUT2D eigenvalue weighted by atomic mass is 19.3. The first kappa shape index (κ1) is 21.9. The van der Waals surface area contributed by atoms with Gasteiger partial charge in [0.2, 0.25) is 0 Å². The van der Waals surface area contributed by atoms with Gasteiger partial charge in [-0.25, -0.2) is 18.0 Å². The fourth-order valence-electron chi connectivity index (χ4n) is 3.58. The topological polar surface area (TPSA) is 64.4 Å². The van der Waals surface area contributed by atoms with Crippen LogP contribution in [0, 0.1) is 5.82 Å². The second kappa shape index (κ2) is 9.47. The van der Waals surface area contributed by atoms with Crippen LogP contribution < -0.4 is 4.90 Å². The van der Waals surface area contributed by atoms with E-state index in [2.05, 4.69) is 20.1 Å². The molecule has 2 aliphatic rings. The number of hydrogen-bond donors (Lipinski definition) is 0. The average Bonchev–Trinajstić information content (AvgIpc) is 3.29. The monoisotopic (exact) mass is 444 g/mol. The molecule has 1 saturated heterocycles. The summed E-state index contributed by atoms with van der Waals surface area (Å²) >= 11 is 0. The summed E-state index contributed by atoms with van der Waals surface area (Å²) in [4.78, 5) is 23.1. The van der Waals surface area contributed by atoms with Gasteiger partial charge in [0.15, 0.2) is 0 Å². The number of likely N-dealkylation sites (N-methyl/N-ethyl adjacent to an activating group) is 1. The molecule has 3 heterocycles. The molecule has 7 nitrogen and oxygen atoms in total. The lowest BCUT2D eigenvalue weighted by Gasteiger charge is -2.36. The number of urea groups is 1. The van der Waals surface area contributed by atoms with Gasteiger partial charge in [0.1, 0.15) is 11.5 Å². The molecular weight excluding hydrogens is 421 g/mol. The summed E-state index contributed by atoms with van der Waals surface area (Å²) in [7, 11) is 2.00. The molecule has 2 amide bonds. The maximum absolute atomic E-state index is 13.9. The molecule has 168 valence electrons. The number of amides is 2. The number of anilines is 1. The quantitative estimate of drug-likeness (QED) is 0.710. The normalized spacial score (nSPS) is 16.8. The largest absolute Gasteiger partial charge is 0.324 e. The van der Waals surface area contributed by atoms with Crippen molar-refractivity contribution in [2.24, 2.45) is 10.2 Å². The molecule has 0 atom stereocenters. The number of hydrogen-bond acceptors (Lipinski definition) is 5. The van der Waals surface area contributed by atoms with Gasteiger partial charge in [0.05, 0.1) is 18.0 Å². The van der Waals surface area contributed by atoms with Crippen molar-refractivity contribution in [2.45, 2.75) is 19.4 Å². The van der Waals surface area contributed by atoms with Crippen LogP contribution in [0.2, 0.25) is 0 Å². The van der Waals surface area contributed by atoms with Crippen LogP contribution in [-0.2, 0) is 6.54 Å². The van der Waals surface area contributed by atoms with Gasteiger partial charge in [-0.1, -0.05) is 6.07 Å². The van der Waals surface area contributed by atoms with Crippen molar-refractivity contribution in [3.8, 4) is 0 Å². The fraction of sp³-hybridized carbons (Fsp3) is 0.364. The van der Waals surface area contributed by atoms with Crippen LogP contribution in [0.4, 0.5) is 23.7 Å². The molecule has 10 heteroatoms. The van der Waals surface area contributed by atoms with E-state index in [4.69, 9.17) is 0 Å². The zero-order valence-electron chi connectivity index (χ0n) is 17.6. The molecule has 0 spiro atoms. The molecule has 0 bridgehead atoms.